The quantitative estimate of drug-likeness (QED) is 0.892. The fourth-order valence-electron chi connectivity index (χ4n) is 2.20. The highest BCUT2D eigenvalue weighted by molar-refractivity contribution is 5.92. The van der Waals surface area contributed by atoms with E-state index in [1.807, 2.05) is 4.90 Å². The van der Waals surface area contributed by atoms with E-state index in [9.17, 15) is 4.79 Å². The molecule has 1 aliphatic heterocycles. The second-order valence-electron chi connectivity index (χ2n) is 5.30. The lowest BCUT2D eigenvalue weighted by Crippen LogP contribution is -2.52. The zero-order chi connectivity index (χ0) is 14.5. The summed E-state index contributed by atoms with van der Waals surface area (Å²) in [5, 5.41) is 3.16. The van der Waals surface area contributed by atoms with E-state index in [0.717, 1.165) is 32.6 Å². The summed E-state index contributed by atoms with van der Waals surface area (Å²) in [7, 11) is 2.08. The summed E-state index contributed by atoms with van der Waals surface area (Å²) in [5.41, 5.74) is 0.419. The zero-order valence-corrected chi connectivity index (χ0v) is 12.5. The number of likely N-dealkylation sites (N-methyl/N-ethyl adjacent to an activating group) is 1. The summed E-state index contributed by atoms with van der Waals surface area (Å²) in [6, 6.07) is 0.377. The lowest BCUT2D eigenvalue weighted by molar-refractivity contribution is 0.0566. The molecule has 2 heterocycles. The van der Waals surface area contributed by atoms with Crippen LogP contribution in [0.1, 0.15) is 30.8 Å². The highest BCUT2D eigenvalue weighted by Gasteiger charge is 2.26. The van der Waals surface area contributed by atoms with Gasteiger partial charge in [-0.05, 0) is 20.4 Å². The first-order valence-electron chi connectivity index (χ1n) is 7.17. The third-order valence-corrected chi connectivity index (χ3v) is 3.66. The van der Waals surface area contributed by atoms with Crippen molar-refractivity contribution in [3.8, 4) is 0 Å². The molecule has 1 saturated heterocycles. The average Bonchev–Trinajstić information content (AvgIpc) is 2.47. The average molecular weight is 277 g/mol. The standard InChI is InChI=1S/C14H23N5O/c1-4-5-16-13-9-15-8-12(17-13)14(20)19-7-6-18(3)11(2)10-19/h8-9,11H,4-7,10H2,1-3H3,(H,16,17). The monoisotopic (exact) mass is 277 g/mol. The van der Waals surface area contributed by atoms with Crippen LogP contribution in [-0.2, 0) is 0 Å². The highest BCUT2D eigenvalue weighted by atomic mass is 16.2. The number of nitrogens with one attached hydrogen (secondary N) is 1. The van der Waals surface area contributed by atoms with Crippen molar-refractivity contribution in [1.82, 2.24) is 19.8 Å². The number of amides is 1. The third-order valence-electron chi connectivity index (χ3n) is 3.66. The number of carbonyl (C=O) groups is 1. The maximum absolute atomic E-state index is 12.5. The molecule has 0 aliphatic carbocycles. The Kier molecular flexibility index (Phi) is 4.89. The topological polar surface area (TPSA) is 61.4 Å². The Bertz CT molecular complexity index is 465. The van der Waals surface area contributed by atoms with Gasteiger partial charge in [-0.25, -0.2) is 4.98 Å². The van der Waals surface area contributed by atoms with Gasteiger partial charge in [-0.1, -0.05) is 6.92 Å². The van der Waals surface area contributed by atoms with Gasteiger partial charge in [0, 0.05) is 32.2 Å². The van der Waals surface area contributed by atoms with Crippen LogP contribution in [0.25, 0.3) is 0 Å². The first kappa shape index (κ1) is 14.7. The Labute approximate surface area is 120 Å². The molecule has 0 saturated carbocycles. The molecule has 1 aromatic rings. The largest absolute Gasteiger partial charge is 0.369 e. The second kappa shape index (κ2) is 6.65. The molecule has 1 aromatic heterocycles. The van der Waals surface area contributed by atoms with Crippen LogP contribution < -0.4 is 5.32 Å². The number of hydrogen-bond acceptors (Lipinski definition) is 5. The smallest absolute Gasteiger partial charge is 0.274 e. The summed E-state index contributed by atoms with van der Waals surface area (Å²) >= 11 is 0. The van der Waals surface area contributed by atoms with Gasteiger partial charge >= 0.3 is 0 Å². The van der Waals surface area contributed by atoms with Crippen molar-refractivity contribution in [2.24, 2.45) is 0 Å². The maximum atomic E-state index is 12.5. The van der Waals surface area contributed by atoms with Crippen molar-refractivity contribution >= 4 is 11.7 Å². The van der Waals surface area contributed by atoms with Gasteiger partial charge in [0.2, 0.25) is 0 Å². The number of piperazine rings is 1. The van der Waals surface area contributed by atoms with E-state index in [1.165, 1.54) is 0 Å². The number of hydrogen-bond donors (Lipinski definition) is 1. The van der Waals surface area contributed by atoms with Crippen molar-refractivity contribution in [3.05, 3.63) is 18.1 Å². The van der Waals surface area contributed by atoms with Crippen molar-refractivity contribution in [3.63, 3.8) is 0 Å². The summed E-state index contributed by atoms with van der Waals surface area (Å²) in [6.45, 7) is 7.43. The Morgan fingerprint density at radius 2 is 2.25 bits per heavy atom. The van der Waals surface area contributed by atoms with Gasteiger partial charge in [0.15, 0.2) is 0 Å². The third kappa shape index (κ3) is 3.45. The first-order valence-corrected chi connectivity index (χ1v) is 7.17. The van der Waals surface area contributed by atoms with Crippen LogP contribution in [0.15, 0.2) is 12.4 Å². The molecule has 0 aromatic carbocycles. The van der Waals surface area contributed by atoms with Crippen molar-refractivity contribution in [2.45, 2.75) is 26.3 Å². The summed E-state index contributed by atoms with van der Waals surface area (Å²) < 4.78 is 0. The molecule has 6 nitrogen and oxygen atoms in total. The van der Waals surface area contributed by atoms with Crippen LogP contribution in [0.5, 0.6) is 0 Å². The van der Waals surface area contributed by atoms with Gasteiger partial charge < -0.3 is 15.1 Å². The predicted octanol–water partition coefficient (Wildman–Crippen LogP) is 1.07. The molecule has 2 rings (SSSR count). The van der Waals surface area contributed by atoms with E-state index in [2.05, 4.69) is 41.1 Å². The minimum Gasteiger partial charge on any atom is -0.369 e. The molecule has 110 valence electrons. The van der Waals surface area contributed by atoms with Crippen LogP contribution in [0.3, 0.4) is 0 Å². The van der Waals surface area contributed by atoms with Gasteiger partial charge in [0.05, 0.1) is 12.4 Å². The molecule has 1 amide bonds. The summed E-state index contributed by atoms with van der Waals surface area (Å²) in [6.07, 6.45) is 4.21. The highest BCUT2D eigenvalue weighted by Crippen LogP contribution is 2.11. The number of aromatic nitrogens is 2. The van der Waals surface area contributed by atoms with E-state index >= 15 is 0 Å². The SMILES string of the molecule is CCCNc1cncc(C(=O)N2CCN(C)C(C)C2)n1. The van der Waals surface area contributed by atoms with Gasteiger partial charge in [-0.15, -0.1) is 0 Å². The molecule has 0 bridgehead atoms. The van der Waals surface area contributed by atoms with Crippen LogP contribution in [0, 0.1) is 0 Å². The molecular weight excluding hydrogens is 254 g/mol. The van der Waals surface area contributed by atoms with E-state index in [-0.39, 0.29) is 5.91 Å². The van der Waals surface area contributed by atoms with Crippen LogP contribution in [0.2, 0.25) is 0 Å². The lowest BCUT2D eigenvalue weighted by Gasteiger charge is -2.37. The van der Waals surface area contributed by atoms with Crippen molar-refractivity contribution < 1.29 is 4.79 Å². The molecule has 1 aliphatic rings. The fourth-order valence-corrected chi connectivity index (χ4v) is 2.20. The molecule has 0 spiro atoms. The van der Waals surface area contributed by atoms with E-state index in [1.54, 1.807) is 12.4 Å². The molecule has 20 heavy (non-hydrogen) atoms. The molecule has 1 fully saturated rings. The Morgan fingerprint density at radius 1 is 1.45 bits per heavy atom. The minimum absolute atomic E-state index is 0.0300. The molecule has 0 radical (unpaired) electrons. The Balaban J connectivity index is 2.05. The lowest BCUT2D eigenvalue weighted by atomic mass is 10.2. The maximum Gasteiger partial charge on any atom is 0.274 e. The molecular formula is C14H23N5O. The number of rotatable bonds is 4. The number of nitrogens with zero attached hydrogens (tertiary/aromatic N) is 4. The zero-order valence-electron chi connectivity index (χ0n) is 12.5. The first-order chi connectivity index (χ1) is 9.61. The van der Waals surface area contributed by atoms with Gasteiger partial charge in [0.1, 0.15) is 11.5 Å². The van der Waals surface area contributed by atoms with Gasteiger partial charge in [-0.3, -0.25) is 9.78 Å². The predicted molar refractivity (Wildman–Crippen MR) is 78.8 cm³/mol. The van der Waals surface area contributed by atoms with Crippen molar-refractivity contribution in [1.29, 1.82) is 0 Å². The number of anilines is 1. The Hall–Kier alpha value is -1.69. The van der Waals surface area contributed by atoms with Crippen LogP contribution in [-0.4, -0.2) is 64.9 Å². The molecule has 6 heteroatoms. The normalized spacial score (nSPS) is 19.9. The number of carbonyl (C=O) groups excluding carboxylic acids is 1. The second-order valence-corrected chi connectivity index (χ2v) is 5.30. The Morgan fingerprint density at radius 3 is 2.95 bits per heavy atom. The van der Waals surface area contributed by atoms with Crippen molar-refractivity contribution in [2.75, 3.05) is 38.5 Å². The molecule has 1 N–H and O–H groups in total. The fraction of sp³-hybridized carbons (Fsp3) is 0.643. The van der Waals surface area contributed by atoms with Crippen LogP contribution in [0.4, 0.5) is 5.82 Å². The van der Waals surface area contributed by atoms with E-state index in [4.69, 9.17) is 0 Å². The summed E-state index contributed by atoms with van der Waals surface area (Å²) in [4.78, 5) is 25.0. The van der Waals surface area contributed by atoms with E-state index in [0.29, 0.717) is 17.6 Å². The minimum atomic E-state index is -0.0300. The van der Waals surface area contributed by atoms with E-state index < -0.39 is 0 Å². The van der Waals surface area contributed by atoms with Crippen LogP contribution >= 0.6 is 0 Å². The van der Waals surface area contributed by atoms with Gasteiger partial charge in [-0.2, -0.15) is 0 Å². The van der Waals surface area contributed by atoms with Gasteiger partial charge in [0.25, 0.3) is 5.91 Å². The summed E-state index contributed by atoms with van der Waals surface area (Å²) in [5.74, 6) is 0.637. The molecule has 1 atom stereocenters. The molecule has 1 unspecified atom stereocenters.